The topological polar surface area (TPSA) is 58.4 Å². The third kappa shape index (κ3) is 6.33. The Labute approximate surface area is 144 Å². The number of nitrogens with two attached hydrogens (primary N) is 1. The van der Waals surface area contributed by atoms with Gasteiger partial charge in [0.25, 0.3) is 0 Å². The lowest BCUT2D eigenvalue weighted by atomic mass is 9.96. The second kappa shape index (κ2) is 8.73. The number of thioether (sulfide) groups is 1. The maximum absolute atomic E-state index is 12.3. The van der Waals surface area contributed by atoms with Crippen LogP contribution in [0.2, 0.25) is 0 Å². The first-order valence-corrected chi connectivity index (χ1v) is 8.74. The number of nitrogens with zero attached hydrogens (tertiary/aromatic N) is 1. The molecule has 1 heterocycles. The van der Waals surface area contributed by atoms with Crippen molar-refractivity contribution < 1.29 is 18.0 Å². The Morgan fingerprint density at radius 2 is 2.04 bits per heavy atom. The first-order valence-electron chi connectivity index (χ1n) is 7.92. The van der Waals surface area contributed by atoms with Crippen LogP contribution in [0.3, 0.4) is 0 Å². The highest BCUT2D eigenvalue weighted by Crippen LogP contribution is 2.36. The molecule has 4 nitrogen and oxygen atoms in total. The van der Waals surface area contributed by atoms with Crippen LogP contribution in [0.25, 0.3) is 0 Å². The predicted octanol–water partition coefficient (Wildman–Crippen LogP) is 2.59. The summed E-state index contributed by atoms with van der Waals surface area (Å²) in [6.45, 7) is 3.09. The minimum atomic E-state index is -4.27. The molecule has 134 valence electrons. The van der Waals surface area contributed by atoms with Crippen LogP contribution in [-0.2, 0) is 11.3 Å². The van der Waals surface area contributed by atoms with Gasteiger partial charge in [0.2, 0.25) is 5.91 Å². The molecule has 0 aromatic heterocycles. The number of alkyl halides is 3. The second-order valence-electron chi connectivity index (χ2n) is 5.85. The lowest BCUT2D eigenvalue weighted by Gasteiger charge is -2.32. The van der Waals surface area contributed by atoms with E-state index in [1.165, 1.54) is 12.1 Å². The van der Waals surface area contributed by atoms with E-state index in [4.69, 9.17) is 5.73 Å². The molecule has 0 spiro atoms. The van der Waals surface area contributed by atoms with Gasteiger partial charge in [-0.05, 0) is 48.8 Å². The summed E-state index contributed by atoms with van der Waals surface area (Å²) in [7, 11) is 0. The maximum atomic E-state index is 12.3. The first-order chi connectivity index (χ1) is 11.4. The number of carbonyl (C=O) groups is 1. The number of rotatable bonds is 6. The van der Waals surface area contributed by atoms with E-state index in [1.807, 2.05) is 0 Å². The Bertz CT molecular complexity index is 536. The SMILES string of the molecule is NCCNC(=O)C1CCCN(Cc2ccc(SC(F)(F)F)cc2)C1. The van der Waals surface area contributed by atoms with E-state index < -0.39 is 5.51 Å². The van der Waals surface area contributed by atoms with Crippen LogP contribution < -0.4 is 11.1 Å². The molecule has 3 N–H and O–H groups in total. The number of likely N-dealkylation sites (tertiary alicyclic amines) is 1. The van der Waals surface area contributed by atoms with Crippen molar-refractivity contribution in [2.75, 3.05) is 26.2 Å². The minimum absolute atomic E-state index is 0.0297. The molecule has 0 bridgehead atoms. The third-order valence-electron chi connectivity index (χ3n) is 3.88. The molecule has 1 unspecified atom stereocenters. The van der Waals surface area contributed by atoms with Crippen molar-refractivity contribution in [1.29, 1.82) is 0 Å². The molecular weight excluding hydrogens is 339 g/mol. The molecule has 1 aliphatic rings. The van der Waals surface area contributed by atoms with Crippen LogP contribution in [0.15, 0.2) is 29.2 Å². The molecule has 2 rings (SSSR count). The van der Waals surface area contributed by atoms with Gasteiger partial charge in [-0.3, -0.25) is 9.69 Å². The fourth-order valence-corrected chi connectivity index (χ4v) is 3.35. The van der Waals surface area contributed by atoms with Gasteiger partial charge in [-0.25, -0.2) is 0 Å². The van der Waals surface area contributed by atoms with Crippen molar-refractivity contribution >= 4 is 17.7 Å². The molecule has 0 radical (unpaired) electrons. The molecule has 1 amide bonds. The van der Waals surface area contributed by atoms with Crippen molar-refractivity contribution in [2.24, 2.45) is 11.7 Å². The number of nitrogens with one attached hydrogen (secondary N) is 1. The summed E-state index contributed by atoms with van der Waals surface area (Å²) < 4.78 is 37.0. The maximum Gasteiger partial charge on any atom is 0.446 e. The van der Waals surface area contributed by atoms with Crippen LogP contribution in [0.4, 0.5) is 13.2 Å². The summed E-state index contributed by atoms with van der Waals surface area (Å²) in [4.78, 5) is 14.4. The van der Waals surface area contributed by atoms with Gasteiger partial charge in [-0.15, -0.1) is 0 Å². The summed E-state index contributed by atoms with van der Waals surface area (Å²) in [6.07, 6.45) is 1.79. The van der Waals surface area contributed by atoms with Crippen molar-refractivity contribution in [3.63, 3.8) is 0 Å². The Balaban J connectivity index is 1.87. The number of carbonyl (C=O) groups excluding carboxylic acids is 1. The standard InChI is InChI=1S/C16H22F3N3OS/c17-16(18,19)24-14-5-3-12(4-6-14)10-22-9-1-2-13(11-22)15(23)21-8-7-20/h3-6,13H,1-2,7-11,20H2,(H,21,23). The normalized spacial score (nSPS) is 19.2. The number of piperidine rings is 1. The fourth-order valence-electron chi connectivity index (χ4n) is 2.81. The van der Waals surface area contributed by atoms with Gasteiger partial charge < -0.3 is 11.1 Å². The van der Waals surface area contributed by atoms with Crippen molar-refractivity contribution in [3.8, 4) is 0 Å². The highest BCUT2D eigenvalue weighted by atomic mass is 32.2. The average molecular weight is 361 g/mol. The van der Waals surface area contributed by atoms with Gasteiger partial charge in [-0.2, -0.15) is 13.2 Å². The molecule has 1 saturated heterocycles. The number of hydrogen-bond acceptors (Lipinski definition) is 4. The van der Waals surface area contributed by atoms with E-state index in [9.17, 15) is 18.0 Å². The predicted molar refractivity (Wildman–Crippen MR) is 88.4 cm³/mol. The van der Waals surface area contributed by atoms with E-state index in [0.717, 1.165) is 24.9 Å². The zero-order chi connectivity index (χ0) is 17.6. The van der Waals surface area contributed by atoms with E-state index in [2.05, 4.69) is 10.2 Å². The van der Waals surface area contributed by atoms with Crippen molar-refractivity contribution in [3.05, 3.63) is 29.8 Å². The van der Waals surface area contributed by atoms with E-state index in [0.29, 0.717) is 26.2 Å². The number of hydrogen-bond donors (Lipinski definition) is 2. The molecule has 1 atom stereocenters. The number of halogens is 3. The van der Waals surface area contributed by atoms with Crippen molar-refractivity contribution in [2.45, 2.75) is 29.8 Å². The fraction of sp³-hybridized carbons (Fsp3) is 0.562. The molecular formula is C16H22F3N3OS. The monoisotopic (exact) mass is 361 g/mol. The van der Waals surface area contributed by atoms with E-state index in [-0.39, 0.29) is 28.5 Å². The van der Waals surface area contributed by atoms with Gasteiger partial charge in [0.15, 0.2) is 0 Å². The lowest BCUT2D eigenvalue weighted by molar-refractivity contribution is -0.126. The highest BCUT2D eigenvalue weighted by Gasteiger charge is 2.29. The summed E-state index contributed by atoms with van der Waals surface area (Å²) >= 11 is -0.109. The van der Waals surface area contributed by atoms with Crippen LogP contribution in [-0.4, -0.2) is 42.5 Å². The largest absolute Gasteiger partial charge is 0.446 e. The Hall–Kier alpha value is -1.25. The molecule has 1 aromatic carbocycles. The quantitative estimate of drug-likeness (QED) is 0.765. The van der Waals surface area contributed by atoms with E-state index >= 15 is 0 Å². The molecule has 1 aliphatic heterocycles. The molecule has 8 heteroatoms. The van der Waals surface area contributed by atoms with Crippen molar-refractivity contribution in [1.82, 2.24) is 10.2 Å². The minimum Gasteiger partial charge on any atom is -0.355 e. The average Bonchev–Trinajstić information content (AvgIpc) is 2.53. The van der Waals surface area contributed by atoms with Crippen LogP contribution in [0.1, 0.15) is 18.4 Å². The molecule has 1 aromatic rings. The van der Waals surface area contributed by atoms with Crippen LogP contribution in [0, 0.1) is 5.92 Å². The van der Waals surface area contributed by atoms with Crippen LogP contribution >= 0.6 is 11.8 Å². The molecule has 1 fully saturated rings. The van der Waals surface area contributed by atoms with Crippen LogP contribution in [0.5, 0.6) is 0 Å². The molecule has 24 heavy (non-hydrogen) atoms. The van der Waals surface area contributed by atoms with Gasteiger partial charge in [0.05, 0.1) is 5.92 Å². The number of amides is 1. The Morgan fingerprint density at radius 1 is 1.33 bits per heavy atom. The van der Waals surface area contributed by atoms with Gasteiger partial charge in [-0.1, -0.05) is 12.1 Å². The lowest BCUT2D eigenvalue weighted by Crippen LogP contribution is -2.43. The molecule has 0 aliphatic carbocycles. The summed E-state index contributed by atoms with van der Waals surface area (Å²) in [6, 6.07) is 6.41. The van der Waals surface area contributed by atoms with E-state index in [1.54, 1.807) is 12.1 Å². The van der Waals surface area contributed by atoms with Gasteiger partial charge >= 0.3 is 5.51 Å². The Morgan fingerprint density at radius 3 is 2.67 bits per heavy atom. The third-order valence-corrected chi connectivity index (χ3v) is 4.62. The number of benzene rings is 1. The second-order valence-corrected chi connectivity index (χ2v) is 6.98. The molecule has 0 saturated carbocycles. The zero-order valence-electron chi connectivity index (χ0n) is 13.3. The Kier molecular flexibility index (Phi) is 6.94. The summed E-state index contributed by atoms with van der Waals surface area (Å²) in [5, 5.41) is 2.82. The van der Waals surface area contributed by atoms with Gasteiger partial charge in [0, 0.05) is 31.1 Å². The summed E-state index contributed by atoms with van der Waals surface area (Å²) in [5.41, 5.74) is 2.07. The summed E-state index contributed by atoms with van der Waals surface area (Å²) in [5.74, 6) is -0.0209. The zero-order valence-corrected chi connectivity index (χ0v) is 14.1. The first kappa shape index (κ1) is 19.1. The smallest absolute Gasteiger partial charge is 0.355 e. The highest BCUT2D eigenvalue weighted by molar-refractivity contribution is 8.00. The van der Waals surface area contributed by atoms with Gasteiger partial charge in [0.1, 0.15) is 0 Å².